The van der Waals surface area contributed by atoms with Gasteiger partial charge in [-0.3, -0.25) is 9.52 Å². The van der Waals surface area contributed by atoms with Crippen molar-refractivity contribution in [2.45, 2.75) is 31.9 Å². The highest BCUT2D eigenvalue weighted by molar-refractivity contribution is 7.91. The standard InChI is InChI=1S/C19H22N2O3S/c1-15-6-4-7-16(12-15)14-25(23,24)20-17-8-5-9-18(13-17)21-11-3-2-10-19(21)22/h4-9,12-13,20H,2-3,10-11,14H2,1H3. The molecule has 2 aromatic carbocycles. The van der Waals surface area contributed by atoms with Gasteiger partial charge < -0.3 is 4.90 Å². The summed E-state index contributed by atoms with van der Waals surface area (Å²) >= 11 is 0. The molecule has 1 N–H and O–H groups in total. The number of benzene rings is 2. The van der Waals surface area contributed by atoms with Gasteiger partial charge >= 0.3 is 0 Å². The smallest absolute Gasteiger partial charge is 0.236 e. The highest BCUT2D eigenvalue weighted by Gasteiger charge is 2.20. The van der Waals surface area contributed by atoms with Crippen molar-refractivity contribution in [3.8, 4) is 0 Å². The van der Waals surface area contributed by atoms with Gasteiger partial charge in [-0.25, -0.2) is 8.42 Å². The number of piperidine rings is 1. The molecule has 1 aliphatic rings. The van der Waals surface area contributed by atoms with Crippen molar-refractivity contribution in [3.05, 3.63) is 59.7 Å². The molecule has 1 fully saturated rings. The average molecular weight is 358 g/mol. The first-order valence-corrected chi connectivity index (χ1v) is 10.0. The molecule has 6 heteroatoms. The van der Waals surface area contributed by atoms with Crippen LogP contribution in [0.2, 0.25) is 0 Å². The maximum Gasteiger partial charge on any atom is 0.236 e. The van der Waals surface area contributed by atoms with Crippen molar-refractivity contribution in [2.24, 2.45) is 0 Å². The van der Waals surface area contributed by atoms with E-state index in [0.29, 0.717) is 18.7 Å². The van der Waals surface area contributed by atoms with Crippen molar-refractivity contribution >= 4 is 27.3 Å². The second-order valence-corrected chi connectivity index (χ2v) is 8.13. The molecule has 0 radical (unpaired) electrons. The second kappa shape index (κ2) is 7.27. The minimum absolute atomic E-state index is 0.0818. The molecule has 0 aromatic heterocycles. The zero-order chi connectivity index (χ0) is 17.9. The highest BCUT2D eigenvalue weighted by Crippen LogP contribution is 2.24. The van der Waals surface area contributed by atoms with Gasteiger partial charge in [0, 0.05) is 18.7 Å². The lowest BCUT2D eigenvalue weighted by atomic mass is 10.1. The number of nitrogens with one attached hydrogen (secondary N) is 1. The molecule has 25 heavy (non-hydrogen) atoms. The fourth-order valence-corrected chi connectivity index (χ4v) is 4.23. The molecular formula is C19H22N2O3S. The largest absolute Gasteiger partial charge is 0.312 e. The fraction of sp³-hybridized carbons (Fsp3) is 0.316. The summed E-state index contributed by atoms with van der Waals surface area (Å²) in [7, 11) is -3.52. The van der Waals surface area contributed by atoms with Gasteiger partial charge in [0.2, 0.25) is 15.9 Å². The molecule has 0 bridgehead atoms. The van der Waals surface area contributed by atoms with E-state index in [4.69, 9.17) is 0 Å². The number of nitrogens with zero attached hydrogens (tertiary/aromatic N) is 1. The third-order valence-corrected chi connectivity index (χ3v) is 5.45. The lowest BCUT2D eigenvalue weighted by molar-refractivity contribution is -0.119. The molecule has 1 saturated heterocycles. The molecule has 0 spiro atoms. The Morgan fingerprint density at radius 2 is 1.88 bits per heavy atom. The average Bonchev–Trinajstić information content (AvgIpc) is 2.54. The first kappa shape index (κ1) is 17.5. The number of anilines is 2. The van der Waals surface area contributed by atoms with Crippen LogP contribution in [0.1, 0.15) is 30.4 Å². The van der Waals surface area contributed by atoms with Crippen molar-refractivity contribution in [1.29, 1.82) is 0 Å². The van der Waals surface area contributed by atoms with Gasteiger partial charge in [0.05, 0.1) is 11.4 Å². The third kappa shape index (κ3) is 4.60. The number of hydrogen-bond acceptors (Lipinski definition) is 3. The summed E-state index contributed by atoms with van der Waals surface area (Å²) in [4.78, 5) is 13.8. The van der Waals surface area contributed by atoms with Crippen LogP contribution in [-0.4, -0.2) is 20.9 Å². The van der Waals surface area contributed by atoms with E-state index >= 15 is 0 Å². The van der Waals surface area contributed by atoms with Crippen molar-refractivity contribution < 1.29 is 13.2 Å². The van der Waals surface area contributed by atoms with E-state index in [9.17, 15) is 13.2 Å². The summed E-state index contributed by atoms with van der Waals surface area (Å²) in [5, 5.41) is 0. The van der Waals surface area contributed by atoms with E-state index < -0.39 is 10.0 Å². The van der Waals surface area contributed by atoms with E-state index in [2.05, 4.69) is 4.72 Å². The van der Waals surface area contributed by atoms with Crippen LogP contribution in [0.5, 0.6) is 0 Å². The quantitative estimate of drug-likeness (QED) is 0.890. The van der Waals surface area contributed by atoms with Crippen LogP contribution in [0.15, 0.2) is 48.5 Å². The summed E-state index contributed by atoms with van der Waals surface area (Å²) in [5.74, 6) is 0.00711. The first-order valence-electron chi connectivity index (χ1n) is 8.39. The molecule has 0 saturated carbocycles. The van der Waals surface area contributed by atoms with E-state index in [1.807, 2.05) is 31.2 Å². The predicted octanol–water partition coefficient (Wildman–Crippen LogP) is 3.45. The number of rotatable bonds is 5. The monoisotopic (exact) mass is 358 g/mol. The summed E-state index contributed by atoms with van der Waals surface area (Å²) in [6, 6.07) is 14.5. The van der Waals surface area contributed by atoms with Gasteiger partial charge in [0.1, 0.15) is 0 Å². The zero-order valence-corrected chi connectivity index (χ0v) is 15.1. The number of carbonyl (C=O) groups excluding carboxylic acids is 1. The second-order valence-electron chi connectivity index (χ2n) is 6.40. The Kier molecular flexibility index (Phi) is 5.08. The number of sulfonamides is 1. The molecule has 1 heterocycles. The maximum atomic E-state index is 12.4. The minimum atomic E-state index is -3.52. The van der Waals surface area contributed by atoms with Gasteiger partial charge in [0.15, 0.2) is 0 Å². The van der Waals surface area contributed by atoms with Crippen molar-refractivity contribution in [1.82, 2.24) is 0 Å². The summed E-state index contributed by atoms with van der Waals surface area (Å²) in [6.45, 7) is 2.61. The summed E-state index contributed by atoms with van der Waals surface area (Å²) in [5.41, 5.74) is 2.98. The number of carbonyl (C=O) groups is 1. The molecule has 2 aromatic rings. The van der Waals surface area contributed by atoms with Gasteiger partial charge in [-0.2, -0.15) is 0 Å². The van der Waals surface area contributed by atoms with Gasteiger partial charge in [0.25, 0.3) is 0 Å². The SMILES string of the molecule is Cc1cccc(CS(=O)(=O)Nc2cccc(N3CCCCC3=O)c2)c1. The normalized spacial score (nSPS) is 15.2. The topological polar surface area (TPSA) is 66.5 Å². The number of amides is 1. The summed E-state index contributed by atoms with van der Waals surface area (Å²) < 4.78 is 27.5. The van der Waals surface area contributed by atoms with Crippen LogP contribution in [0.25, 0.3) is 0 Å². The van der Waals surface area contributed by atoms with Crippen molar-refractivity contribution in [3.63, 3.8) is 0 Å². The molecular weight excluding hydrogens is 336 g/mol. The minimum Gasteiger partial charge on any atom is -0.312 e. The summed E-state index contributed by atoms with van der Waals surface area (Å²) in [6.07, 6.45) is 2.43. The Hall–Kier alpha value is -2.34. The predicted molar refractivity (Wildman–Crippen MR) is 100 cm³/mol. The molecule has 0 unspecified atom stereocenters. The Morgan fingerprint density at radius 3 is 2.64 bits per heavy atom. The Labute approximate surface area is 148 Å². The van der Waals surface area contributed by atoms with E-state index in [1.165, 1.54) is 0 Å². The van der Waals surface area contributed by atoms with Gasteiger partial charge in [-0.15, -0.1) is 0 Å². The van der Waals surface area contributed by atoms with Crippen LogP contribution in [0.4, 0.5) is 11.4 Å². The van der Waals surface area contributed by atoms with Gasteiger partial charge in [-0.05, 0) is 43.5 Å². The lowest BCUT2D eigenvalue weighted by Gasteiger charge is -2.27. The molecule has 1 amide bonds. The van der Waals surface area contributed by atoms with Gasteiger partial charge in [-0.1, -0.05) is 35.9 Å². The van der Waals surface area contributed by atoms with Crippen LogP contribution in [0, 0.1) is 6.92 Å². The van der Waals surface area contributed by atoms with Crippen LogP contribution < -0.4 is 9.62 Å². The van der Waals surface area contributed by atoms with Crippen LogP contribution in [0.3, 0.4) is 0 Å². The molecule has 132 valence electrons. The van der Waals surface area contributed by atoms with Crippen molar-refractivity contribution in [2.75, 3.05) is 16.2 Å². The molecule has 0 aliphatic carbocycles. The van der Waals surface area contributed by atoms with E-state index in [-0.39, 0.29) is 11.7 Å². The van der Waals surface area contributed by atoms with Crippen LogP contribution >= 0.6 is 0 Å². The number of hydrogen-bond donors (Lipinski definition) is 1. The maximum absolute atomic E-state index is 12.4. The zero-order valence-electron chi connectivity index (χ0n) is 14.2. The first-order chi connectivity index (χ1) is 11.9. The molecule has 1 aliphatic heterocycles. The Bertz CT molecular complexity index is 878. The number of aryl methyl sites for hydroxylation is 1. The Morgan fingerprint density at radius 1 is 1.08 bits per heavy atom. The van der Waals surface area contributed by atoms with E-state index in [1.54, 1.807) is 29.2 Å². The molecule has 0 atom stereocenters. The van der Waals surface area contributed by atoms with Crippen LogP contribution in [-0.2, 0) is 20.6 Å². The fourth-order valence-electron chi connectivity index (χ4n) is 3.05. The third-order valence-electron chi connectivity index (χ3n) is 4.19. The lowest BCUT2D eigenvalue weighted by Crippen LogP contribution is -2.35. The Balaban J connectivity index is 1.76. The molecule has 5 nitrogen and oxygen atoms in total. The highest BCUT2D eigenvalue weighted by atomic mass is 32.2. The van der Waals surface area contributed by atoms with E-state index in [0.717, 1.165) is 29.7 Å². The molecule has 3 rings (SSSR count).